The first-order valence-electron chi connectivity index (χ1n) is 7.05. The van der Waals surface area contributed by atoms with Crippen LogP contribution in [0.4, 0.5) is 5.82 Å². The summed E-state index contributed by atoms with van der Waals surface area (Å²) >= 11 is 3.39. The van der Waals surface area contributed by atoms with Gasteiger partial charge in [0.15, 0.2) is 0 Å². The average molecular weight is 341 g/mol. The fraction of sp³-hybridized carbons (Fsp3) is 0.571. The Kier molecular flexibility index (Phi) is 5.79. The summed E-state index contributed by atoms with van der Waals surface area (Å²) in [6.45, 7) is 6.66. The highest BCUT2D eigenvalue weighted by Crippen LogP contribution is 2.16. The van der Waals surface area contributed by atoms with Crippen molar-refractivity contribution in [1.29, 1.82) is 0 Å². The fourth-order valence-electron chi connectivity index (χ4n) is 2.22. The molecule has 5 nitrogen and oxygen atoms in total. The van der Waals surface area contributed by atoms with Crippen LogP contribution in [0.3, 0.4) is 0 Å². The molecule has 1 N–H and O–H groups in total. The second-order valence-corrected chi connectivity index (χ2v) is 5.79. The molecule has 2 rings (SSSR count). The zero-order valence-electron chi connectivity index (χ0n) is 11.8. The third-order valence-corrected chi connectivity index (χ3v) is 3.84. The van der Waals surface area contributed by atoms with Crippen LogP contribution in [-0.2, 0) is 4.79 Å². The topological polar surface area (TPSA) is 48.5 Å². The molecule has 1 aromatic rings. The van der Waals surface area contributed by atoms with Gasteiger partial charge >= 0.3 is 0 Å². The number of hydrogen-bond acceptors (Lipinski definition) is 4. The molecule has 0 aliphatic carbocycles. The number of carbonyl (C=O) groups excluding carboxylic acids is 1. The molecule has 110 valence electrons. The molecule has 1 aliphatic rings. The van der Waals surface area contributed by atoms with Gasteiger partial charge in [-0.25, -0.2) is 4.98 Å². The van der Waals surface area contributed by atoms with Crippen LogP contribution in [0.2, 0.25) is 0 Å². The maximum atomic E-state index is 12.0. The van der Waals surface area contributed by atoms with E-state index in [-0.39, 0.29) is 5.91 Å². The molecule has 0 saturated carbocycles. The molecule has 1 aliphatic heterocycles. The third-order valence-electron chi connectivity index (χ3n) is 3.37. The van der Waals surface area contributed by atoms with Crippen molar-refractivity contribution in [2.24, 2.45) is 0 Å². The fourth-order valence-corrected chi connectivity index (χ4v) is 2.46. The molecule has 1 amide bonds. The Morgan fingerprint density at radius 3 is 2.70 bits per heavy atom. The first-order chi connectivity index (χ1) is 9.70. The molecule has 0 bridgehead atoms. The van der Waals surface area contributed by atoms with Crippen molar-refractivity contribution in [2.75, 3.05) is 44.2 Å². The van der Waals surface area contributed by atoms with Gasteiger partial charge in [-0.3, -0.25) is 4.79 Å². The lowest BCUT2D eigenvalue weighted by Crippen LogP contribution is -2.51. The molecule has 0 unspecified atom stereocenters. The van der Waals surface area contributed by atoms with Crippen LogP contribution in [0.1, 0.15) is 13.3 Å². The predicted octanol–water partition coefficient (Wildman–Crippen LogP) is 1.49. The monoisotopic (exact) mass is 340 g/mol. The maximum Gasteiger partial charge on any atom is 0.236 e. The van der Waals surface area contributed by atoms with Crippen LogP contribution < -0.4 is 10.2 Å². The standard InChI is InChI=1S/C14H21BrN4O/c1-2-5-16-11-14(20)19-8-6-18(7-9-19)13-4-3-12(15)10-17-13/h3-4,10,16H,2,5-9,11H2,1H3. The van der Waals surface area contributed by atoms with E-state index in [0.717, 1.165) is 49.4 Å². The average Bonchev–Trinajstić information content (AvgIpc) is 2.48. The van der Waals surface area contributed by atoms with E-state index in [1.54, 1.807) is 0 Å². The summed E-state index contributed by atoms with van der Waals surface area (Å²) in [6.07, 6.45) is 2.86. The van der Waals surface area contributed by atoms with Crippen molar-refractivity contribution in [1.82, 2.24) is 15.2 Å². The van der Waals surface area contributed by atoms with Gasteiger partial charge in [0.25, 0.3) is 0 Å². The number of halogens is 1. The zero-order chi connectivity index (χ0) is 14.4. The summed E-state index contributed by atoms with van der Waals surface area (Å²) in [5.74, 6) is 1.17. The number of pyridine rings is 1. The number of hydrogen-bond donors (Lipinski definition) is 1. The molecular weight excluding hydrogens is 320 g/mol. The first-order valence-corrected chi connectivity index (χ1v) is 7.85. The highest BCUT2D eigenvalue weighted by Gasteiger charge is 2.21. The van der Waals surface area contributed by atoms with E-state index in [9.17, 15) is 4.79 Å². The van der Waals surface area contributed by atoms with E-state index >= 15 is 0 Å². The Hall–Kier alpha value is -1.14. The highest BCUT2D eigenvalue weighted by atomic mass is 79.9. The van der Waals surface area contributed by atoms with Crippen LogP contribution >= 0.6 is 15.9 Å². The van der Waals surface area contributed by atoms with E-state index in [1.165, 1.54) is 0 Å². The Morgan fingerprint density at radius 2 is 2.10 bits per heavy atom. The minimum absolute atomic E-state index is 0.196. The lowest BCUT2D eigenvalue weighted by molar-refractivity contribution is -0.130. The molecule has 1 saturated heterocycles. The number of aromatic nitrogens is 1. The summed E-state index contributed by atoms with van der Waals surface area (Å²) in [5.41, 5.74) is 0. The summed E-state index contributed by atoms with van der Waals surface area (Å²) in [6, 6.07) is 4.00. The number of nitrogens with zero attached hydrogens (tertiary/aromatic N) is 3. The highest BCUT2D eigenvalue weighted by molar-refractivity contribution is 9.10. The van der Waals surface area contributed by atoms with Crippen LogP contribution in [0.15, 0.2) is 22.8 Å². The molecule has 0 aromatic carbocycles. The number of rotatable bonds is 5. The lowest BCUT2D eigenvalue weighted by atomic mass is 10.3. The molecule has 20 heavy (non-hydrogen) atoms. The SMILES string of the molecule is CCCNCC(=O)N1CCN(c2ccc(Br)cn2)CC1. The van der Waals surface area contributed by atoms with Gasteiger partial charge in [0, 0.05) is 36.8 Å². The van der Waals surface area contributed by atoms with Crippen molar-refractivity contribution in [3.63, 3.8) is 0 Å². The normalized spacial score (nSPS) is 15.5. The van der Waals surface area contributed by atoms with Crippen molar-refractivity contribution >= 4 is 27.7 Å². The van der Waals surface area contributed by atoms with Crippen LogP contribution in [0.25, 0.3) is 0 Å². The van der Waals surface area contributed by atoms with Crippen LogP contribution in [0.5, 0.6) is 0 Å². The smallest absolute Gasteiger partial charge is 0.236 e. The Balaban J connectivity index is 1.80. The van der Waals surface area contributed by atoms with Crippen molar-refractivity contribution in [2.45, 2.75) is 13.3 Å². The second-order valence-electron chi connectivity index (χ2n) is 4.88. The Bertz CT molecular complexity index is 429. The molecule has 0 radical (unpaired) electrons. The summed E-state index contributed by atoms with van der Waals surface area (Å²) in [5, 5.41) is 3.16. The van der Waals surface area contributed by atoms with E-state index in [1.807, 2.05) is 23.2 Å². The van der Waals surface area contributed by atoms with Crippen LogP contribution in [0, 0.1) is 0 Å². The Labute approximate surface area is 128 Å². The van der Waals surface area contributed by atoms with E-state index in [0.29, 0.717) is 6.54 Å². The number of piperazine rings is 1. The van der Waals surface area contributed by atoms with Gasteiger partial charge < -0.3 is 15.1 Å². The predicted molar refractivity (Wildman–Crippen MR) is 83.9 cm³/mol. The third kappa shape index (κ3) is 4.18. The summed E-state index contributed by atoms with van der Waals surface area (Å²) in [7, 11) is 0. The summed E-state index contributed by atoms with van der Waals surface area (Å²) < 4.78 is 0.983. The number of anilines is 1. The van der Waals surface area contributed by atoms with E-state index < -0.39 is 0 Å². The lowest BCUT2D eigenvalue weighted by Gasteiger charge is -2.35. The molecule has 1 aromatic heterocycles. The second kappa shape index (κ2) is 7.59. The molecule has 1 fully saturated rings. The first kappa shape index (κ1) is 15.3. The Morgan fingerprint density at radius 1 is 1.35 bits per heavy atom. The molecule has 6 heteroatoms. The van der Waals surface area contributed by atoms with E-state index in [2.05, 4.69) is 38.1 Å². The van der Waals surface area contributed by atoms with Gasteiger partial charge in [-0.15, -0.1) is 0 Å². The van der Waals surface area contributed by atoms with Gasteiger partial charge in [-0.1, -0.05) is 6.92 Å². The van der Waals surface area contributed by atoms with Gasteiger partial charge in [0.1, 0.15) is 5.82 Å². The minimum Gasteiger partial charge on any atom is -0.353 e. The van der Waals surface area contributed by atoms with Gasteiger partial charge in [-0.05, 0) is 41.0 Å². The number of nitrogens with one attached hydrogen (secondary N) is 1. The largest absolute Gasteiger partial charge is 0.353 e. The zero-order valence-corrected chi connectivity index (χ0v) is 13.4. The molecular formula is C14H21BrN4O. The molecule has 0 atom stereocenters. The quantitative estimate of drug-likeness (QED) is 0.825. The van der Waals surface area contributed by atoms with Crippen molar-refractivity contribution in [3.8, 4) is 0 Å². The van der Waals surface area contributed by atoms with E-state index in [4.69, 9.17) is 0 Å². The van der Waals surface area contributed by atoms with Gasteiger partial charge in [0.05, 0.1) is 6.54 Å². The molecule has 0 spiro atoms. The van der Waals surface area contributed by atoms with Gasteiger partial charge in [-0.2, -0.15) is 0 Å². The molecule has 2 heterocycles. The number of amides is 1. The van der Waals surface area contributed by atoms with Crippen LogP contribution in [-0.4, -0.2) is 55.1 Å². The van der Waals surface area contributed by atoms with Crippen molar-refractivity contribution < 1.29 is 4.79 Å². The summed E-state index contributed by atoms with van der Waals surface area (Å²) in [4.78, 5) is 20.5. The van der Waals surface area contributed by atoms with Gasteiger partial charge in [0.2, 0.25) is 5.91 Å². The minimum atomic E-state index is 0.196. The number of carbonyl (C=O) groups is 1. The maximum absolute atomic E-state index is 12.0. The van der Waals surface area contributed by atoms with Crippen molar-refractivity contribution in [3.05, 3.63) is 22.8 Å².